The number of aldehydes is 1. The van der Waals surface area contributed by atoms with Gasteiger partial charge in [-0.3, -0.25) is 0 Å². The summed E-state index contributed by atoms with van der Waals surface area (Å²) in [5, 5.41) is 8.90. The van der Waals surface area contributed by atoms with Gasteiger partial charge >= 0.3 is 0 Å². The van der Waals surface area contributed by atoms with Crippen molar-refractivity contribution in [2.45, 2.75) is 19.8 Å². The van der Waals surface area contributed by atoms with Crippen LogP contribution >= 0.6 is 0 Å². The number of ether oxygens (including phenoxy) is 1. The van der Waals surface area contributed by atoms with Crippen molar-refractivity contribution in [2.75, 3.05) is 39.5 Å². The molecule has 1 rings (SSSR count). The van der Waals surface area contributed by atoms with Gasteiger partial charge in [0.05, 0.1) is 6.61 Å². The first-order valence-electron chi connectivity index (χ1n) is 5.63. The number of nitrogens with zero attached hydrogens (tertiary/aromatic N) is 1. The summed E-state index contributed by atoms with van der Waals surface area (Å²) in [5.74, 6) is 0. The zero-order chi connectivity index (χ0) is 11.1. The second-order valence-electron chi connectivity index (χ2n) is 4.18. The van der Waals surface area contributed by atoms with Gasteiger partial charge in [0.1, 0.15) is 6.29 Å². The summed E-state index contributed by atoms with van der Waals surface area (Å²) in [6.45, 7) is 5.82. The molecular formula is C11H21NO3. The predicted octanol–water partition coefficient (Wildman–Crippen LogP) is 0.296. The van der Waals surface area contributed by atoms with E-state index < -0.39 is 0 Å². The van der Waals surface area contributed by atoms with Crippen molar-refractivity contribution in [1.29, 1.82) is 0 Å². The molecule has 1 fully saturated rings. The van der Waals surface area contributed by atoms with E-state index in [1.54, 1.807) is 0 Å². The molecule has 0 aromatic carbocycles. The summed E-state index contributed by atoms with van der Waals surface area (Å²) in [6, 6.07) is 0. The predicted molar refractivity (Wildman–Crippen MR) is 57.7 cm³/mol. The van der Waals surface area contributed by atoms with Crippen LogP contribution in [0.4, 0.5) is 0 Å². The maximum Gasteiger partial charge on any atom is 0.127 e. The lowest BCUT2D eigenvalue weighted by molar-refractivity contribution is -0.123. The highest BCUT2D eigenvalue weighted by molar-refractivity contribution is 5.60. The van der Waals surface area contributed by atoms with Crippen LogP contribution in [-0.2, 0) is 9.53 Å². The van der Waals surface area contributed by atoms with E-state index in [0.717, 1.165) is 32.2 Å². The van der Waals surface area contributed by atoms with Crippen molar-refractivity contribution in [3.8, 4) is 0 Å². The Morgan fingerprint density at radius 2 is 2.13 bits per heavy atom. The van der Waals surface area contributed by atoms with Gasteiger partial charge in [0, 0.05) is 31.7 Å². The molecule has 4 heteroatoms. The Morgan fingerprint density at radius 3 is 2.60 bits per heavy atom. The van der Waals surface area contributed by atoms with Crippen molar-refractivity contribution in [2.24, 2.45) is 5.41 Å². The Labute approximate surface area is 91.2 Å². The Balaban J connectivity index is 2.52. The van der Waals surface area contributed by atoms with Crippen LogP contribution in [0.25, 0.3) is 0 Å². The average Bonchev–Trinajstić information content (AvgIpc) is 2.30. The van der Waals surface area contributed by atoms with E-state index >= 15 is 0 Å². The molecule has 1 heterocycles. The molecule has 0 spiro atoms. The number of carbonyl (C=O) groups is 1. The van der Waals surface area contributed by atoms with Crippen LogP contribution in [0.1, 0.15) is 19.8 Å². The van der Waals surface area contributed by atoms with Crippen LogP contribution in [0.3, 0.4) is 0 Å². The van der Waals surface area contributed by atoms with Crippen LogP contribution < -0.4 is 0 Å². The summed E-state index contributed by atoms with van der Waals surface area (Å²) in [7, 11) is 0. The van der Waals surface area contributed by atoms with Crippen LogP contribution in [0.15, 0.2) is 0 Å². The maximum atomic E-state index is 11.2. The second-order valence-corrected chi connectivity index (χ2v) is 4.18. The molecule has 0 bridgehead atoms. The Bertz CT molecular complexity index is 190. The number of rotatable bonds is 6. The molecule has 0 atom stereocenters. The van der Waals surface area contributed by atoms with E-state index in [4.69, 9.17) is 9.84 Å². The quantitative estimate of drug-likeness (QED) is 0.647. The van der Waals surface area contributed by atoms with Gasteiger partial charge < -0.3 is 19.5 Å². The van der Waals surface area contributed by atoms with E-state index in [1.165, 1.54) is 0 Å². The highest BCUT2D eigenvalue weighted by Gasteiger charge is 2.33. The molecule has 1 aliphatic heterocycles. The SMILES string of the molecule is CCN(CCO)CC1(C=O)CCOCC1. The van der Waals surface area contributed by atoms with Crippen molar-refractivity contribution in [1.82, 2.24) is 4.90 Å². The topological polar surface area (TPSA) is 49.8 Å². The molecule has 0 saturated carbocycles. The molecule has 0 aromatic heterocycles. The number of likely N-dealkylation sites (N-methyl/N-ethyl adjacent to an activating group) is 1. The molecule has 1 N–H and O–H groups in total. The fourth-order valence-electron chi connectivity index (χ4n) is 2.03. The van der Waals surface area contributed by atoms with E-state index in [0.29, 0.717) is 19.8 Å². The minimum atomic E-state index is -0.247. The highest BCUT2D eigenvalue weighted by atomic mass is 16.5. The van der Waals surface area contributed by atoms with Gasteiger partial charge in [0.2, 0.25) is 0 Å². The number of hydrogen-bond acceptors (Lipinski definition) is 4. The van der Waals surface area contributed by atoms with Gasteiger partial charge in [0.15, 0.2) is 0 Å². The highest BCUT2D eigenvalue weighted by Crippen LogP contribution is 2.29. The van der Waals surface area contributed by atoms with Gasteiger partial charge in [-0.2, -0.15) is 0 Å². The molecule has 4 nitrogen and oxygen atoms in total. The summed E-state index contributed by atoms with van der Waals surface area (Å²) >= 11 is 0. The Morgan fingerprint density at radius 1 is 1.47 bits per heavy atom. The molecule has 0 unspecified atom stereocenters. The molecule has 1 saturated heterocycles. The largest absolute Gasteiger partial charge is 0.395 e. The monoisotopic (exact) mass is 215 g/mol. The van der Waals surface area contributed by atoms with Crippen LogP contribution in [0.5, 0.6) is 0 Å². The number of hydrogen-bond donors (Lipinski definition) is 1. The van der Waals surface area contributed by atoms with Crippen molar-refractivity contribution in [3.05, 3.63) is 0 Å². The lowest BCUT2D eigenvalue weighted by Crippen LogP contribution is -2.43. The van der Waals surface area contributed by atoms with Gasteiger partial charge in [-0.15, -0.1) is 0 Å². The molecule has 1 aliphatic rings. The Kier molecular flexibility index (Phi) is 5.22. The minimum absolute atomic E-state index is 0.152. The van der Waals surface area contributed by atoms with Crippen LogP contribution in [-0.4, -0.2) is 55.7 Å². The smallest absolute Gasteiger partial charge is 0.127 e. The van der Waals surface area contributed by atoms with Crippen molar-refractivity contribution in [3.63, 3.8) is 0 Å². The molecule has 0 aliphatic carbocycles. The number of carbonyl (C=O) groups excluding carboxylic acids is 1. The fraction of sp³-hybridized carbons (Fsp3) is 0.909. The van der Waals surface area contributed by atoms with E-state index in [-0.39, 0.29) is 12.0 Å². The number of aliphatic hydroxyl groups excluding tert-OH is 1. The van der Waals surface area contributed by atoms with E-state index in [9.17, 15) is 4.79 Å². The lowest BCUT2D eigenvalue weighted by Gasteiger charge is -2.36. The van der Waals surface area contributed by atoms with Gasteiger partial charge in [-0.25, -0.2) is 0 Å². The normalized spacial score (nSPS) is 20.5. The molecule has 0 radical (unpaired) electrons. The van der Waals surface area contributed by atoms with Gasteiger partial charge in [-0.05, 0) is 19.4 Å². The molecule has 0 aromatic rings. The van der Waals surface area contributed by atoms with Crippen molar-refractivity contribution < 1.29 is 14.6 Å². The third-order valence-corrected chi connectivity index (χ3v) is 3.14. The first-order valence-corrected chi connectivity index (χ1v) is 5.63. The third-order valence-electron chi connectivity index (χ3n) is 3.14. The molecule has 0 amide bonds. The maximum absolute atomic E-state index is 11.2. The van der Waals surface area contributed by atoms with E-state index in [2.05, 4.69) is 4.90 Å². The van der Waals surface area contributed by atoms with E-state index in [1.807, 2.05) is 6.92 Å². The fourth-order valence-corrected chi connectivity index (χ4v) is 2.03. The summed E-state index contributed by atoms with van der Waals surface area (Å²) in [4.78, 5) is 13.3. The zero-order valence-electron chi connectivity index (χ0n) is 9.45. The lowest BCUT2D eigenvalue weighted by atomic mass is 9.81. The standard InChI is InChI=1S/C11H21NO3/c1-2-12(5-6-13)9-11(10-14)3-7-15-8-4-11/h10,13H,2-9H2,1H3. The summed E-state index contributed by atoms with van der Waals surface area (Å²) in [5.41, 5.74) is -0.247. The van der Waals surface area contributed by atoms with Gasteiger partial charge in [0.25, 0.3) is 0 Å². The first-order chi connectivity index (χ1) is 7.26. The molecule has 88 valence electrons. The average molecular weight is 215 g/mol. The molecule has 15 heavy (non-hydrogen) atoms. The second kappa shape index (κ2) is 6.20. The summed E-state index contributed by atoms with van der Waals surface area (Å²) < 4.78 is 5.27. The molecular weight excluding hydrogens is 194 g/mol. The minimum Gasteiger partial charge on any atom is -0.395 e. The zero-order valence-corrected chi connectivity index (χ0v) is 9.45. The van der Waals surface area contributed by atoms with Crippen LogP contribution in [0, 0.1) is 5.41 Å². The van der Waals surface area contributed by atoms with Gasteiger partial charge in [-0.1, -0.05) is 6.92 Å². The van der Waals surface area contributed by atoms with Crippen LogP contribution in [0.2, 0.25) is 0 Å². The first kappa shape index (κ1) is 12.6. The number of aliphatic hydroxyl groups is 1. The summed E-state index contributed by atoms with van der Waals surface area (Å²) in [6.07, 6.45) is 2.69. The Hall–Kier alpha value is -0.450. The third kappa shape index (κ3) is 3.55. The van der Waals surface area contributed by atoms with Crippen molar-refractivity contribution >= 4 is 6.29 Å².